The summed E-state index contributed by atoms with van der Waals surface area (Å²) in [4.78, 5) is 61.4. The van der Waals surface area contributed by atoms with Crippen molar-refractivity contribution in [3.63, 3.8) is 0 Å². The van der Waals surface area contributed by atoms with Crippen LogP contribution in [0.5, 0.6) is 11.8 Å². The Morgan fingerprint density at radius 1 is 0.899 bits per heavy atom. The normalized spacial score (nSPS) is 23.7. The number of imide groups is 1. The van der Waals surface area contributed by atoms with Gasteiger partial charge in [0.25, 0.3) is 5.91 Å². The number of phenols is 1. The molecule has 5 aliphatic heterocycles. The minimum absolute atomic E-state index is 0.0312. The Kier molecular flexibility index (Phi) is 11.2. The molecule has 15 nitrogen and oxygen atoms in total. The number of carbonyl (C=O) groups excluding carboxylic acids is 3. The Bertz CT molecular complexity index is 2920. The van der Waals surface area contributed by atoms with Crippen LogP contribution in [0.15, 0.2) is 48.7 Å². The maximum Gasteiger partial charge on any atom is 0.319 e. The molecule has 18 heteroatoms. The zero-order valence-corrected chi connectivity index (χ0v) is 38.9. The van der Waals surface area contributed by atoms with Crippen molar-refractivity contribution in [2.75, 3.05) is 81.9 Å². The second-order valence-electron chi connectivity index (χ2n) is 20.6. The number of aryl methyl sites for hydroxylation is 1. The number of ether oxygens (including phenoxy) is 1. The van der Waals surface area contributed by atoms with Gasteiger partial charge in [-0.15, -0.1) is 0 Å². The van der Waals surface area contributed by atoms with E-state index in [0.29, 0.717) is 124 Å². The molecule has 4 saturated heterocycles. The van der Waals surface area contributed by atoms with E-state index in [9.17, 15) is 24.6 Å². The SMILES string of the molecule is CCc1c(F)ccc2cc(O)cc(-c3ncc4c(N5CCC[C@@](C)(O)C5)nc(OCC5(CN6CC(F)(CN7CCN(c8ccc9c(c8)CN([C@H]8CCC(=O)NC8=O)C9=O)CC7)C6)CC5)nc4c3F)c12. The average Bonchev–Trinajstić information content (AvgIpc) is 4.00. The van der Waals surface area contributed by atoms with Gasteiger partial charge < -0.3 is 29.6 Å². The van der Waals surface area contributed by atoms with E-state index in [-0.39, 0.29) is 65.3 Å². The zero-order valence-electron chi connectivity index (χ0n) is 38.9. The number of likely N-dealkylation sites (tertiary alicyclic amines) is 1. The maximum atomic E-state index is 17.1. The zero-order chi connectivity index (χ0) is 48.0. The Hall–Kier alpha value is -6.11. The van der Waals surface area contributed by atoms with Crippen molar-refractivity contribution < 1.29 is 42.5 Å². The molecule has 69 heavy (non-hydrogen) atoms. The van der Waals surface area contributed by atoms with Crippen LogP contribution in [0, 0.1) is 17.0 Å². The van der Waals surface area contributed by atoms with Crippen molar-refractivity contribution in [1.82, 2.24) is 35.0 Å². The van der Waals surface area contributed by atoms with Crippen molar-refractivity contribution >= 4 is 50.9 Å². The fourth-order valence-electron chi connectivity index (χ4n) is 11.5. The van der Waals surface area contributed by atoms with Crippen molar-refractivity contribution in [2.24, 2.45) is 5.41 Å². The number of rotatable bonds is 12. The number of hydrogen-bond donors (Lipinski definition) is 3. The van der Waals surface area contributed by atoms with Gasteiger partial charge in [0.2, 0.25) is 11.8 Å². The van der Waals surface area contributed by atoms with Gasteiger partial charge in [0.1, 0.15) is 40.3 Å². The smallest absolute Gasteiger partial charge is 0.319 e. The Morgan fingerprint density at radius 3 is 2.43 bits per heavy atom. The largest absolute Gasteiger partial charge is 0.508 e. The quantitative estimate of drug-likeness (QED) is 0.134. The van der Waals surface area contributed by atoms with Crippen LogP contribution in [0.4, 0.5) is 24.7 Å². The number of phenolic OH excluding ortho intramolecular Hbond substituents is 1. The first kappa shape index (κ1) is 45.3. The van der Waals surface area contributed by atoms with E-state index in [1.807, 2.05) is 30.0 Å². The Labute approximate surface area is 397 Å². The number of benzene rings is 3. The minimum Gasteiger partial charge on any atom is -0.508 e. The van der Waals surface area contributed by atoms with E-state index in [4.69, 9.17) is 9.72 Å². The van der Waals surface area contributed by atoms with Gasteiger partial charge in [-0.05, 0) is 104 Å². The van der Waals surface area contributed by atoms with Crippen molar-refractivity contribution in [2.45, 2.75) is 82.6 Å². The fourth-order valence-corrected chi connectivity index (χ4v) is 11.5. The average molecular weight is 948 g/mol. The summed E-state index contributed by atoms with van der Waals surface area (Å²) in [6, 6.07) is 10.9. The van der Waals surface area contributed by atoms with Gasteiger partial charge in [-0.2, -0.15) is 9.97 Å². The van der Waals surface area contributed by atoms with Crippen LogP contribution in [0.3, 0.4) is 0 Å². The van der Waals surface area contributed by atoms with Crippen molar-refractivity contribution in [1.29, 1.82) is 0 Å². The number of aromatic hydroxyl groups is 1. The number of nitrogens with zero attached hydrogens (tertiary/aromatic N) is 8. The first-order chi connectivity index (χ1) is 33.1. The summed E-state index contributed by atoms with van der Waals surface area (Å²) >= 11 is 0. The molecule has 0 spiro atoms. The number of amides is 3. The van der Waals surface area contributed by atoms with Gasteiger partial charge in [-0.1, -0.05) is 13.0 Å². The highest BCUT2D eigenvalue weighted by Crippen LogP contribution is 2.48. The van der Waals surface area contributed by atoms with E-state index >= 15 is 13.2 Å². The summed E-state index contributed by atoms with van der Waals surface area (Å²) in [6.45, 7) is 9.29. The number of aliphatic hydroxyl groups is 1. The predicted molar refractivity (Wildman–Crippen MR) is 252 cm³/mol. The van der Waals surface area contributed by atoms with Gasteiger partial charge in [0.05, 0.1) is 17.6 Å². The van der Waals surface area contributed by atoms with Crippen LogP contribution in [0.2, 0.25) is 0 Å². The van der Waals surface area contributed by atoms with Crippen LogP contribution in [0.25, 0.3) is 32.9 Å². The monoisotopic (exact) mass is 947 g/mol. The second-order valence-corrected chi connectivity index (χ2v) is 20.6. The number of β-amino-alcohol motifs (C(OH)–C–C–N with tert-alkyl or cyclic N) is 1. The van der Waals surface area contributed by atoms with Gasteiger partial charge >= 0.3 is 6.01 Å². The van der Waals surface area contributed by atoms with E-state index < -0.39 is 34.9 Å². The van der Waals surface area contributed by atoms with Crippen LogP contribution in [0.1, 0.15) is 73.9 Å². The van der Waals surface area contributed by atoms with Gasteiger partial charge in [-0.25, -0.2) is 13.2 Å². The number of halogens is 3. The number of carbonyl (C=O) groups is 3. The van der Waals surface area contributed by atoms with E-state index in [1.165, 1.54) is 24.4 Å². The molecule has 11 rings (SSSR count). The summed E-state index contributed by atoms with van der Waals surface area (Å²) in [6.07, 6.45) is 5.37. The first-order valence-corrected chi connectivity index (χ1v) is 24.1. The molecule has 6 aliphatic rings. The summed E-state index contributed by atoms with van der Waals surface area (Å²) < 4.78 is 54.9. The molecule has 1 saturated carbocycles. The lowest BCUT2D eigenvalue weighted by Crippen LogP contribution is -2.65. The number of aromatic nitrogens is 3. The Morgan fingerprint density at radius 2 is 1.70 bits per heavy atom. The number of fused-ring (bicyclic) bond motifs is 3. The maximum absolute atomic E-state index is 17.1. The Balaban J connectivity index is 0.742. The number of pyridine rings is 1. The third-order valence-corrected chi connectivity index (χ3v) is 15.2. The minimum atomic E-state index is -1.35. The van der Waals surface area contributed by atoms with Crippen LogP contribution < -0.4 is 19.9 Å². The molecule has 5 aromatic rings. The van der Waals surface area contributed by atoms with E-state index in [2.05, 4.69) is 30.0 Å². The molecule has 3 amide bonds. The molecule has 7 heterocycles. The number of piperidine rings is 2. The third kappa shape index (κ3) is 8.58. The molecule has 3 aromatic carbocycles. The molecule has 1 aliphatic carbocycles. The molecule has 0 bridgehead atoms. The number of alkyl halides is 1. The summed E-state index contributed by atoms with van der Waals surface area (Å²) in [5.41, 5.74) is 0.273. The topological polar surface area (TPSA) is 168 Å². The van der Waals surface area contributed by atoms with E-state index in [1.54, 1.807) is 17.9 Å². The summed E-state index contributed by atoms with van der Waals surface area (Å²) in [5, 5.41) is 25.4. The van der Waals surface area contributed by atoms with Gasteiger partial charge in [0, 0.05) is 107 Å². The van der Waals surface area contributed by atoms with Crippen molar-refractivity contribution in [3.05, 3.63) is 77.0 Å². The molecule has 2 aromatic heterocycles. The number of hydrogen-bond acceptors (Lipinski definition) is 13. The van der Waals surface area contributed by atoms with Crippen molar-refractivity contribution in [3.8, 4) is 23.0 Å². The van der Waals surface area contributed by atoms with Crippen LogP contribution in [-0.4, -0.2) is 147 Å². The number of nitrogens with one attached hydrogen (secondary N) is 1. The highest BCUT2D eigenvalue weighted by molar-refractivity contribution is 6.06. The molecular weight excluding hydrogens is 892 g/mol. The lowest BCUT2D eigenvalue weighted by molar-refractivity contribution is -0.136. The highest BCUT2D eigenvalue weighted by Gasteiger charge is 2.52. The molecule has 3 N–H and O–H groups in total. The van der Waals surface area contributed by atoms with Crippen LogP contribution in [-0.2, 0) is 22.6 Å². The third-order valence-electron chi connectivity index (χ3n) is 15.2. The molecule has 362 valence electrons. The standard InChI is InChI=1S/C51H56F3N9O6/c1-3-34-38(52)8-5-30-20-33(64)21-36(41(30)34)43-42(53)44-37(22-55-43)45(62-14-4-11-49(2,68)24-62)58-48(57-44)69-29-50(12-13-50)25-60-27-51(54,28-60)26-59-15-17-61(18-16-59)32-6-7-35-31(19-32)23-63(47(35)67)39-9-10-40(65)56-46(39)66/h5-8,19-22,39,64,68H,3-4,9-18,23-29H2,1-2H3,(H,56,65,66)/t39-,49+/m0/s1. The molecule has 5 fully saturated rings. The van der Waals surface area contributed by atoms with Crippen LogP contribution >= 0.6 is 0 Å². The van der Waals surface area contributed by atoms with Gasteiger partial charge in [-0.3, -0.25) is 34.5 Å². The molecule has 0 unspecified atom stereocenters. The second kappa shape index (κ2) is 17.1. The first-order valence-electron chi connectivity index (χ1n) is 24.1. The molecule has 0 radical (unpaired) electrons. The highest BCUT2D eigenvalue weighted by atomic mass is 19.1. The number of anilines is 2. The number of piperazine rings is 1. The summed E-state index contributed by atoms with van der Waals surface area (Å²) in [5.74, 6) is -1.90. The predicted octanol–water partition coefficient (Wildman–Crippen LogP) is 5.51. The lowest BCUT2D eigenvalue weighted by atomic mass is 9.93. The molecule has 2 atom stereocenters. The lowest BCUT2D eigenvalue weighted by Gasteiger charge is -2.49. The molecular formula is C51H56F3N9O6. The van der Waals surface area contributed by atoms with Gasteiger partial charge in [0.15, 0.2) is 5.82 Å². The summed E-state index contributed by atoms with van der Waals surface area (Å²) in [7, 11) is 0. The van der Waals surface area contributed by atoms with E-state index in [0.717, 1.165) is 24.1 Å². The fraction of sp³-hybridized carbons (Fsp3) is 0.490.